The monoisotopic (exact) mass is 1010 g/mol. The fourth-order valence-corrected chi connectivity index (χ4v) is 8.97. The first-order chi connectivity index (χ1) is 34.3. The van der Waals surface area contributed by atoms with Gasteiger partial charge in [0.2, 0.25) is 23.6 Å². The highest BCUT2D eigenvalue weighted by molar-refractivity contribution is 7.91. The summed E-state index contributed by atoms with van der Waals surface area (Å²) >= 11 is 0. The van der Waals surface area contributed by atoms with Gasteiger partial charge in [-0.25, -0.2) is 17.2 Å². The number of nitrogens with zero attached hydrogens (tertiary/aromatic N) is 2. The summed E-state index contributed by atoms with van der Waals surface area (Å²) in [7, 11) is -3.87. The third kappa shape index (κ3) is 17.8. The molecule has 5 aromatic rings. The van der Waals surface area contributed by atoms with E-state index in [0.29, 0.717) is 17.8 Å². The second kappa shape index (κ2) is 27.1. The molecule has 386 valence electrons. The fraction of sp³-hybridized carbons (Fsp3) is 0.377. The molecule has 0 saturated heterocycles. The first kappa shape index (κ1) is 56.1. The highest BCUT2D eigenvalue weighted by Gasteiger charge is 2.37. The standard InChI is InChI=1S/C53H64F2N6O10S/c1-53(2,3)50(46-29-40(42-30-41(54)19-20-43(42)55)32-60(46)31-37-13-7-4-8-14-37)61(48(64)33-62)26-23-44(56)51(66)57-24-27-72(68,69)28-25-58-52(67)45(21-22-49(65)71-35-39-17-11-6-12-18-39)59-47(63)36-70-34-38-15-9-5-10-16-38/h4-20,29-30,32,44-45,50,62H,21-28,31,33-36,56H2,1-3H3,(H,57,66)(H,58,67)(H,59,63)/t44-,45+,50-/m0/s1. The van der Waals surface area contributed by atoms with Crippen LogP contribution in [0.2, 0.25) is 0 Å². The van der Waals surface area contributed by atoms with Crippen molar-refractivity contribution in [2.24, 2.45) is 11.1 Å². The molecule has 4 amide bonds. The molecule has 6 N–H and O–H groups in total. The summed E-state index contributed by atoms with van der Waals surface area (Å²) in [5.74, 6) is -5.66. The molecule has 3 atom stereocenters. The largest absolute Gasteiger partial charge is 0.461 e. The van der Waals surface area contributed by atoms with Gasteiger partial charge in [0.25, 0.3) is 0 Å². The van der Waals surface area contributed by atoms with Crippen LogP contribution in [0.1, 0.15) is 68.5 Å². The molecular weight excluding hydrogens is 951 g/mol. The van der Waals surface area contributed by atoms with Gasteiger partial charge in [-0.3, -0.25) is 24.0 Å². The van der Waals surface area contributed by atoms with Gasteiger partial charge in [0.1, 0.15) is 37.5 Å². The summed E-state index contributed by atoms with van der Waals surface area (Å²) in [6.07, 6.45) is 1.20. The Kier molecular flexibility index (Phi) is 21.2. The van der Waals surface area contributed by atoms with Crippen LogP contribution in [0.4, 0.5) is 8.78 Å². The van der Waals surface area contributed by atoms with E-state index in [9.17, 15) is 41.9 Å². The Morgan fingerprint density at radius 3 is 1.96 bits per heavy atom. The van der Waals surface area contributed by atoms with Crippen LogP contribution in [0.3, 0.4) is 0 Å². The van der Waals surface area contributed by atoms with Gasteiger partial charge < -0.3 is 45.7 Å². The summed E-state index contributed by atoms with van der Waals surface area (Å²) in [5, 5.41) is 17.8. The van der Waals surface area contributed by atoms with Crippen LogP contribution in [0.25, 0.3) is 11.1 Å². The molecule has 16 nitrogen and oxygen atoms in total. The number of carbonyl (C=O) groups is 5. The number of ether oxygens (including phenoxy) is 2. The smallest absolute Gasteiger partial charge is 0.306 e. The molecule has 0 aliphatic heterocycles. The number of carbonyl (C=O) groups excluding carboxylic acids is 5. The predicted molar refractivity (Wildman–Crippen MR) is 267 cm³/mol. The minimum Gasteiger partial charge on any atom is -0.461 e. The number of sulfone groups is 1. The van der Waals surface area contributed by atoms with Crippen LogP contribution in [0, 0.1) is 17.0 Å². The Morgan fingerprint density at radius 1 is 0.778 bits per heavy atom. The lowest BCUT2D eigenvalue weighted by molar-refractivity contribution is -0.145. The molecule has 0 spiro atoms. The van der Waals surface area contributed by atoms with Gasteiger partial charge in [-0.15, -0.1) is 0 Å². The van der Waals surface area contributed by atoms with Gasteiger partial charge in [0.15, 0.2) is 9.84 Å². The molecule has 0 radical (unpaired) electrons. The lowest BCUT2D eigenvalue weighted by Gasteiger charge is -2.41. The zero-order valence-corrected chi connectivity index (χ0v) is 41.5. The molecule has 0 bridgehead atoms. The van der Waals surface area contributed by atoms with Crippen LogP contribution < -0.4 is 21.7 Å². The molecule has 0 saturated carbocycles. The number of rotatable bonds is 27. The van der Waals surface area contributed by atoms with Gasteiger partial charge in [-0.2, -0.15) is 0 Å². The molecule has 4 aromatic carbocycles. The number of halogens is 2. The van der Waals surface area contributed by atoms with Crippen LogP contribution in [0.5, 0.6) is 0 Å². The van der Waals surface area contributed by atoms with Crippen molar-refractivity contribution in [2.45, 2.75) is 77.9 Å². The van der Waals surface area contributed by atoms with Crippen LogP contribution >= 0.6 is 0 Å². The van der Waals surface area contributed by atoms with E-state index in [1.54, 1.807) is 36.5 Å². The molecule has 1 heterocycles. The average Bonchev–Trinajstić information content (AvgIpc) is 3.75. The quantitative estimate of drug-likeness (QED) is 0.0441. The maximum absolute atomic E-state index is 15.1. The number of aliphatic hydroxyl groups is 1. The maximum Gasteiger partial charge on any atom is 0.306 e. The van der Waals surface area contributed by atoms with Gasteiger partial charge in [-0.05, 0) is 59.2 Å². The Labute approximate surface area is 419 Å². The molecule has 19 heteroatoms. The van der Waals surface area contributed by atoms with E-state index in [0.717, 1.165) is 34.9 Å². The first-order valence-corrected chi connectivity index (χ1v) is 25.4. The average molecular weight is 1020 g/mol. The molecule has 5 rings (SSSR count). The molecule has 0 fully saturated rings. The van der Waals surface area contributed by atoms with Crippen molar-refractivity contribution in [1.29, 1.82) is 0 Å². The van der Waals surface area contributed by atoms with Crippen LogP contribution in [-0.4, -0.2) is 109 Å². The van der Waals surface area contributed by atoms with Crippen molar-refractivity contribution < 1.29 is 55.8 Å². The van der Waals surface area contributed by atoms with Crippen molar-refractivity contribution >= 4 is 39.4 Å². The third-order valence-corrected chi connectivity index (χ3v) is 13.2. The van der Waals surface area contributed by atoms with Gasteiger partial charge in [-0.1, -0.05) is 112 Å². The lowest BCUT2D eigenvalue weighted by atomic mass is 9.82. The molecule has 72 heavy (non-hydrogen) atoms. The number of benzene rings is 4. The van der Waals surface area contributed by atoms with E-state index < -0.39 is 92.7 Å². The molecule has 0 unspecified atom stereocenters. The van der Waals surface area contributed by atoms with E-state index in [4.69, 9.17) is 15.2 Å². The van der Waals surface area contributed by atoms with Crippen LogP contribution in [-0.2, 0) is 63.0 Å². The lowest BCUT2D eigenvalue weighted by Crippen LogP contribution is -2.49. The maximum atomic E-state index is 15.1. The van der Waals surface area contributed by atoms with E-state index in [-0.39, 0.29) is 64.3 Å². The normalized spacial score (nSPS) is 12.8. The van der Waals surface area contributed by atoms with Gasteiger partial charge in [0.05, 0.1) is 30.2 Å². The first-order valence-electron chi connectivity index (χ1n) is 23.5. The minimum absolute atomic E-state index is 0.0149. The van der Waals surface area contributed by atoms with Crippen molar-refractivity contribution in [3.05, 3.63) is 155 Å². The van der Waals surface area contributed by atoms with Gasteiger partial charge >= 0.3 is 5.97 Å². The molecule has 0 aliphatic rings. The summed E-state index contributed by atoms with van der Waals surface area (Å²) in [6, 6.07) is 29.1. The SMILES string of the molecule is CC(C)(C)[C@H](c1cc(-c2cc(F)ccc2F)cn1Cc1ccccc1)N(CC[C@H](N)C(=O)NCCS(=O)(=O)CCNC(=O)[C@@H](CCC(=O)OCc1ccccc1)NC(=O)COCc1ccccc1)C(=O)CO. The highest BCUT2D eigenvalue weighted by Crippen LogP contribution is 2.41. The van der Waals surface area contributed by atoms with E-state index >= 15 is 4.39 Å². The molecule has 1 aromatic heterocycles. The Morgan fingerprint density at radius 2 is 1.36 bits per heavy atom. The zero-order chi connectivity index (χ0) is 52.3. The summed E-state index contributed by atoms with van der Waals surface area (Å²) in [6.45, 7) is 4.04. The molecule has 0 aliphatic carbocycles. The Bertz CT molecular complexity index is 2690. The van der Waals surface area contributed by atoms with Crippen molar-refractivity contribution in [3.63, 3.8) is 0 Å². The predicted octanol–water partition coefficient (Wildman–Crippen LogP) is 4.98. The number of amides is 4. The van der Waals surface area contributed by atoms with E-state index in [1.807, 2.05) is 92.1 Å². The Hall–Kier alpha value is -6.80. The van der Waals surface area contributed by atoms with Crippen LogP contribution in [0.15, 0.2) is 121 Å². The summed E-state index contributed by atoms with van der Waals surface area (Å²) < 4.78 is 68.3. The summed E-state index contributed by atoms with van der Waals surface area (Å²) in [5.41, 5.74) is 8.99. The minimum atomic E-state index is -3.87. The van der Waals surface area contributed by atoms with E-state index in [1.165, 1.54) is 4.90 Å². The van der Waals surface area contributed by atoms with Crippen molar-refractivity contribution in [1.82, 2.24) is 25.4 Å². The number of hydrogen-bond acceptors (Lipinski definition) is 11. The van der Waals surface area contributed by atoms with Crippen molar-refractivity contribution in [2.75, 3.05) is 44.4 Å². The number of aliphatic hydroxyl groups excluding tert-OH is 1. The number of aromatic nitrogens is 1. The van der Waals surface area contributed by atoms with E-state index in [2.05, 4.69) is 16.0 Å². The summed E-state index contributed by atoms with van der Waals surface area (Å²) in [4.78, 5) is 66.9. The second-order valence-corrected chi connectivity index (χ2v) is 20.6. The van der Waals surface area contributed by atoms with Gasteiger partial charge in [0, 0.05) is 55.6 Å². The number of nitrogens with one attached hydrogen (secondary N) is 3. The number of hydrogen-bond donors (Lipinski definition) is 5. The number of nitrogens with two attached hydrogens (primary N) is 1. The van der Waals surface area contributed by atoms with Crippen molar-refractivity contribution in [3.8, 4) is 11.1 Å². The topological polar surface area (TPSA) is 228 Å². The second-order valence-electron chi connectivity index (χ2n) is 18.3. The highest BCUT2D eigenvalue weighted by atomic mass is 32.2. The molecular formula is C53H64F2N6O10S. The zero-order valence-electron chi connectivity index (χ0n) is 40.7. The number of esters is 1. The third-order valence-electron chi connectivity index (χ3n) is 11.6. The fourth-order valence-electron chi connectivity index (χ4n) is 7.94. The Balaban J connectivity index is 1.16.